The molecule has 0 saturated heterocycles. The average Bonchev–Trinajstić information content (AvgIpc) is 3.06. The van der Waals surface area contributed by atoms with Gasteiger partial charge < -0.3 is 10.2 Å². The van der Waals surface area contributed by atoms with Gasteiger partial charge in [-0.3, -0.25) is 0 Å². The van der Waals surface area contributed by atoms with Gasteiger partial charge in [-0.25, -0.2) is 0 Å². The van der Waals surface area contributed by atoms with Crippen LogP contribution in [0.25, 0.3) is 11.0 Å². The van der Waals surface area contributed by atoms with Gasteiger partial charge >= 0.3 is 0 Å². The Labute approximate surface area is 106 Å². The zero-order chi connectivity index (χ0) is 12.2. The number of fused-ring (bicyclic) bond motifs is 1. The Morgan fingerprint density at radius 2 is 2.06 bits per heavy atom. The van der Waals surface area contributed by atoms with E-state index in [-0.39, 0.29) is 6.04 Å². The van der Waals surface area contributed by atoms with E-state index in [2.05, 4.69) is 6.07 Å². The molecule has 1 fully saturated rings. The molecule has 0 aliphatic heterocycles. The first-order valence-electron chi connectivity index (χ1n) is 6.02. The summed E-state index contributed by atoms with van der Waals surface area (Å²) in [4.78, 5) is 0. The van der Waals surface area contributed by atoms with Gasteiger partial charge in [0.25, 0.3) is 0 Å². The molecular weight excluding hydrogens is 234 g/mol. The van der Waals surface area contributed by atoms with Crippen molar-refractivity contribution in [2.45, 2.75) is 32.7 Å². The molecular formula is C14H16ClNO. The first kappa shape index (κ1) is 11.1. The molecule has 90 valence electrons. The lowest BCUT2D eigenvalue weighted by Crippen LogP contribution is -2.10. The molecule has 1 aromatic heterocycles. The van der Waals surface area contributed by atoms with Crippen LogP contribution in [-0.4, -0.2) is 0 Å². The Balaban J connectivity index is 2.15. The summed E-state index contributed by atoms with van der Waals surface area (Å²) in [6, 6.07) is 4.09. The maximum Gasteiger partial charge on any atom is 0.135 e. The molecule has 1 unspecified atom stereocenters. The molecule has 3 rings (SSSR count). The van der Waals surface area contributed by atoms with Crippen molar-refractivity contribution >= 4 is 22.6 Å². The molecule has 1 saturated carbocycles. The monoisotopic (exact) mass is 249 g/mol. The Kier molecular flexibility index (Phi) is 2.46. The summed E-state index contributed by atoms with van der Waals surface area (Å²) < 4.78 is 5.86. The second-order valence-electron chi connectivity index (χ2n) is 5.06. The quantitative estimate of drug-likeness (QED) is 0.870. The lowest BCUT2D eigenvalue weighted by molar-refractivity contribution is 0.467. The molecule has 1 aliphatic rings. The summed E-state index contributed by atoms with van der Waals surface area (Å²) in [5, 5.41) is 1.91. The van der Waals surface area contributed by atoms with Crippen molar-refractivity contribution in [2.75, 3.05) is 0 Å². The van der Waals surface area contributed by atoms with Crippen LogP contribution in [0.3, 0.4) is 0 Å². The van der Waals surface area contributed by atoms with Gasteiger partial charge in [-0.2, -0.15) is 0 Å². The Bertz CT molecular complexity index is 583. The van der Waals surface area contributed by atoms with Gasteiger partial charge in [0.1, 0.15) is 11.3 Å². The molecule has 1 aromatic carbocycles. The first-order chi connectivity index (χ1) is 8.08. The van der Waals surface area contributed by atoms with Crippen LogP contribution in [0.15, 0.2) is 16.5 Å². The standard InChI is InChI=1S/C14H16ClNO/c1-7-5-11-10(8(2)13(7)15)6-12(17-11)14(16)9-3-4-9/h5-6,9,14H,3-4,16H2,1-2H3. The first-order valence-corrected chi connectivity index (χ1v) is 6.40. The Morgan fingerprint density at radius 1 is 1.35 bits per heavy atom. The third kappa shape index (κ3) is 1.76. The number of benzene rings is 1. The second-order valence-corrected chi connectivity index (χ2v) is 5.43. The van der Waals surface area contributed by atoms with Crippen LogP contribution in [0.1, 0.15) is 35.8 Å². The molecule has 17 heavy (non-hydrogen) atoms. The molecule has 1 aliphatic carbocycles. The second kappa shape index (κ2) is 3.76. The molecule has 2 N–H and O–H groups in total. The summed E-state index contributed by atoms with van der Waals surface area (Å²) >= 11 is 6.25. The topological polar surface area (TPSA) is 39.2 Å². The van der Waals surface area contributed by atoms with E-state index in [1.165, 1.54) is 12.8 Å². The minimum atomic E-state index is 0.0425. The number of rotatable bonds is 2. The van der Waals surface area contributed by atoms with Crippen LogP contribution in [0.4, 0.5) is 0 Å². The predicted octanol–water partition coefficient (Wildman–Crippen LogP) is 4.11. The van der Waals surface area contributed by atoms with Crippen LogP contribution < -0.4 is 5.73 Å². The third-order valence-corrected chi connectivity index (χ3v) is 4.25. The highest BCUT2D eigenvalue weighted by Crippen LogP contribution is 2.41. The van der Waals surface area contributed by atoms with E-state index in [4.69, 9.17) is 21.8 Å². The summed E-state index contributed by atoms with van der Waals surface area (Å²) in [7, 11) is 0. The molecule has 3 heteroatoms. The third-order valence-electron chi connectivity index (χ3n) is 3.67. The van der Waals surface area contributed by atoms with Crippen LogP contribution in [-0.2, 0) is 0 Å². The van der Waals surface area contributed by atoms with Crippen molar-refractivity contribution in [1.29, 1.82) is 0 Å². The molecule has 1 heterocycles. The fraction of sp³-hybridized carbons (Fsp3) is 0.429. The smallest absolute Gasteiger partial charge is 0.135 e. The summed E-state index contributed by atoms with van der Waals surface area (Å²) in [5.41, 5.74) is 9.20. The molecule has 0 amide bonds. The average molecular weight is 250 g/mol. The normalized spacial score (nSPS) is 17.6. The zero-order valence-corrected chi connectivity index (χ0v) is 10.8. The van der Waals surface area contributed by atoms with E-state index >= 15 is 0 Å². The van der Waals surface area contributed by atoms with Crippen molar-refractivity contribution in [3.05, 3.63) is 34.0 Å². The van der Waals surface area contributed by atoms with Crippen LogP contribution in [0.5, 0.6) is 0 Å². The van der Waals surface area contributed by atoms with Gasteiger partial charge in [0, 0.05) is 10.4 Å². The van der Waals surface area contributed by atoms with E-state index in [0.29, 0.717) is 5.92 Å². The van der Waals surface area contributed by atoms with E-state index in [9.17, 15) is 0 Å². The lowest BCUT2D eigenvalue weighted by Gasteiger charge is -2.04. The van der Waals surface area contributed by atoms with Gasteiger partial charge in [0.05, 0.1) is 6.04 Å². The lowest BCUT2D eigenvalue weighted by atomic mass is 10.1. The van der Waals surface area contributed by atoms with E-state index in [1.807, 2.05) is 19.9 Å². The van der Waals surface area contributed by atoms with Crippen molar-refractivity contribution in [2.24, 2.45) is 11.7 Å². The Morgan fingerprint density at radius 3 is 2.71 bits per heavy atom. The zero-order valence-electron chi connectivity index (χ0n) is 10.1. The number of nitrogens with two attached hydrogens (primary N) is 1. The number of hydrogen-bond acceptors (Lipinski definition) is 2. The van der Waals surface area contributed by atoms with Crippen LogP contribution >= 0.6 is 11.6 Å². The van der Waals surface area contributed by atoms with E-state index < -0.39 is 0 Å². The number of hydrogen-bond donors (Lipinski definition) is 1. The largest absolute Gasteiger partial charge is 0.459 e. The minimum absolute atomic E-state index is 0.0425. The fourth-order valence-corrected chi connectivity index (χ4v) is 2.51. The maximum absolute atomic E-state index is 6.25. The minimum Gasteiger partial charge on any atom is -0.459 e. The van der Waals surface area contributed by atoms with E-state index in [1.54, 1.807) is 0 Å². The Hall–Kier alpha value is -0.990. The maximum atomic E-state index is 6.25. The van der Waals surface area contributed by atoms with Gasteiger partial charge in [-0.05, 0) is 55.9 Å². The predicted molar refractivity (Wildman–Crippen MR) is 70.4 cm³/mol. The van der Waals surface area contributed by atoms with Crippen molar-refractivity contribution in [1.82, 2.24) is 0 Å². The van der Waals surface area contributed by atoms with Gasteiger partial charge in [0.15, 0.2) is 0 Å². The van der Waals surface area contributed by atoms with Crippen molar-refractivity contribution in [3.8, 4) is 0 Å². The molecule has 0 radical (unpaired) electrons. The molecule has 2 aromatic rings. The summed E-state index contributed by atoms with van der Waals surface area (Å²) in [6.45, 7) is 4.03. The highest BCUT2D eigenvalue weighted by atomic mass is 35.5. The summed E-state index contributed by atoms with van der Waals surface area (Å²) in [6.07, 6.45) is 2.44. The molecule has 0 spiro atoms. The molecule has 0 bridgehead atoms. The number of furan rings is 1. The molecule has 2 nitrogen and oxygen atoms in total. The van der Waals surface area contributed by atoms with Crippen molar-refractivity contribution < 1.29 is 4.42 Å². The number of halogens is 1. The summed E-state index contributed by atoms with van der Waals surface area (Å²) in [5.74, 6) is 1.50. The fourth-order valence-electron chi connectivity index (χ4n) is 2.35. The SMILES string of the molecule is Cc1cc2oc(C(N)C3CC3)cc2c(C)c1Cl. The van der Waals surface area contributed by atoms with E-state index in [0.717, 1.165) is 32.9 Å². The highest BCUT2D eigenvalue weighted by molar-refractivity contribution is 6.33. The molecule has 1 atom stereocenters. The highest BCUT2D eigenvalue weighted by Gasteiger charge is 2.31. The van der Waals surface area contributed by atoms with Crippen LogP contribution in [0, 0.1) is 19.8 Å². The van der Waals surface area contributed by atoms with Crippen LogP contribution in [0.2, 0.25) is 5.02 Å². The van der Waals surface area contributed by atoms with Gasteiger partial charge in [0.2, 0.25) is 0 Å². The van der Waals surface area contributed by atoms with Gasteiger partial charge in [-0.15, -0.1) is 0 Å². The number of aryl methyl sites for hydroxylation is 2. The van der Waals surface area contributed by atoms with Gasteiger partial charge in [-0.1, -0.05) is 11.6 Å². The van der Waals surface area contributed by atoms with Crippen molar-refractivity contribution in [3.63, 3.8) is 0 Å².